The fourth-order valence-corrected chi connectivity index (χ4v) is 8.93. The molecule has 1 aliphatic rings. The summed E-state index contributed by atoms with van der Waals surface area (Å²) in [5.41, 5.74) is 11.1. The van der Waals surface area contributed by atoms with E-state index >= 15 is 0 Å². The zero-order valence-electron chi connectivity index (χ0n) is 22.3. The van der Waals surface area contributed by atoms with Crippen molar-refractivity contribution in [3.63, 3.8) is 0 Å². The number of rotatable bonds is 0. The lowest BCUT2D eigenvalue weighted by Crippen LogP contribution is -1.78. The molecule has 36 heavy (non-hydrogen) atoms. The zero-order valence-corrected chi connectivity index (χ0v) is 25.5. The molecule has 0 aromatic carbocycles. The molecule has 0 aliphatic carbocycles. The molecule has 4 heteroatoms. The van der Waals surface area contributed by atoms with Crippen LogP contribution in [-0.2, 0) is 0 Å². The molecule has 0 atom stereocenters. The van der Waals surface area contributed by atoms with Crippen LogP contribution >= 0.6 is 45.3 Å². The Kier molecular flexibility index (Phi) is 6.99. The number of hydrogen-bond donors (Lipinski definition) is 0. The fraction of sp³-hybridized carbons (Fsp3) is 0.250. The molecular formula is C32H32S4. The van der Waals surface area contributed by atoms with Gasteiger partial charge in [-0.15, -0.1) is 45.3 Å². The summed E-state index contributed by atoms with van der Waals surface area (Å²) >= 11 is 7.57. The van der Waals surface area contributed by atoms with E-state index in [9.17, 15) is 0 Å². The highest BCUT2D eigenvalue weighted by molar-refractivity contribution is 7.16. The minimum Gasteiger partial charge on any atom is -0.136 e. The number of fused-ring (bicyclic) bond motifs is 8. The van der Waals surface area contributed by atoms with E-state index < -0.39 is 0 Å². The minimum absolute atomic E-state index is 1.35. The summed E-state index contributed by atoms with van der Waals surface area (Å²) in [6, 6.07) is 0. The number of hydrogen-bond acceptors (Lipinski definition) is 4. The normalized spacial score (nSPS) is 15.8. The Bertz CT molecular complexity index is 1250. The van der Waals surface area contributed by atoms with E-state index in [1.807, 2.05) is 45.3 Å². The van der Waals surface area contributed by atoms with Crippen LogP contribution in [0.25, 0.3) is 48.6 Å². The molecule has 0 saturated heterocycles. The van der Waals surface area contributed by atoms with Gasteiger partial charge in [-0.2, -0.15) is 0 Å². The molecule has 0 fully saturated rings. The predicted molar refractivity (Wildman–Crippen MR) is 171 cm³/mol. The average Bonchev–Trinajstić information content (AvgIpc) is 3.49. The van der Waals surface area contributed by atoms with Gasteiger partial charge in [0.05, 0.1) is 0 Å². The molecular weight excluding hydrogens is 513 g/mol. The van der Waals surface area contributed by atoms with E-state index in [2.05, 4.69) is 104 Å². The van der Waals surface area contributed by atoms with Crippen LogP contribution in [0.15, 0.2) is 0 Å². The van der Waals surface area contributed by atoms with Crippen LogP contribution in [0.3, 0.4) is 0 Å². The Morgan fingerprint density at radius 2 is 0.361 bits per heavy atom. The molecule has 0 nitrogen and oxygen atoms in total. The molecule has 4 aromatic heterocycles. The molecule has 184 valence electrons. The quantitative estimate of drug-likeness (QED) is 0.182. The van der Waals surface area contributed by atoms with Crippen molar-refractivity contribution in [3.05, 3.63) is 83.5 Å². The third kappa shape index (κ3) is 4.50. The van der Waals surface area contributed by atoms with Crippen LogP contribution in [0, 0.1) is 55.4 Å². The van der Waals surface area contributed by atoms with Gasteiger partial charge in [0.25, 0.3) is 0 Å². The van der Waals surface area contributed by atoms with E-state index in [0.717, 1.165) is 0 Å². The summed E-state index contributed by atoms with van der Waals surface area (Å²) in [4.78, 5) is 10.8. The van der Waals surface area contributed by atoms with Gasteiger partial charge in [-0.05, 0) is 149 Å². The second-order valence-corrected chi connectivity index (χ2v) is 14.0. The van der Waals surface area contributed by atoms with Gasteiger partial charge in [-0.3, -0.25) is 0 Å². The molecule has 0 spiro atoms. The second-order valence-electron chi connectivity index (χ2n) is 9.66. The molecule has 0 radical (unpaired) electrons. The first-order valence-electron chi connectivity index (χ1n) is 12.3. The first kappa shape index (κ1) is 25.4. The van der Waals surface area contributed by atoms with E-state index in [1.165, 1.54) is 83.5 Å². The Morgan fingerprint density at radius 1 is 0.250 bits per heavy atom. The van der Waals surface area contributed by atoms with Crippen molar-refractivity contribution in [2.75, 3.05) is 0 Å². The largest absolute Gasteiger partial charge is 0.136 e. The van der Waals surface area contributed by atoms with Gasteiger partial charge in [-0.1, -0.05) is 0 Å². The highest BCUT2D eigenvalue weighted by Gasteiger charge is 2.13. The summed E-state index contributed by atoms with van der Waals surface area (Å²) in [6.07, 6.45) is 18.5. The van der Waals surface area contributed by atoms with E-state index in [-0.39, 0.29) is 0 Å². The Morgan fingerprint density at radius 3 is 0.472 bits per heavy atom. The van der Waals surface area contributed by atoms with Crippen molar-refractivity contribution in [2.24, 2.45) is 0 Å². The fourth-order valence-electron chi connectivity index (χ4n) is 4.44. The Balaban J connectivity index is 1.69. The summed E-state index contributed by atoms with van der Waals surface area (Å²) in [5.74, 6) is 0. The highest BCUT2D eigenvalue weighted by atomic mass is 32.1. The third-order valence-electron chi connectivity index (χ3n) is 7.63. The van der Waals surface area contributed by atoms with Crippen molar-refractivity contribution in [1.29, 1.82) is 0 Å². The van der Waals surface area contributed by atoms with Crippen molar-refractivity contribution in [2.45, 2.75) is 55.4 Å². The van der Waals surface area contributed by atoms with Gasteiger partial charge in [0, 0.05) is 39.0 Å². The predicted octanol–water partition coefficient (Wildman–Crippen LogP) is 11.4. The summed E-state index contributed by atoms with van der Waals surface area (Å²) in [5, 5.41) is 0. The lowest BCUT2D eigenvalue weighted by Gasteiger charge is -1.95. The molecule has 0 N–H and O–H groups in total. The average molecular weight is 545 g/mol. The van der Waals surface area contributed by atoms with Gasteiger partial charge in [-0.25, -0.2) is 0 Å². The van der Waals surface area contributed by atoms with Crippen LogP contribution in [-0.4, -0.2) is 0 Å². The molecule has 5 heterocycles. The van der Waals surface area contributed by atoms with Gasteiger partial charge >= 0.3 is 0 Å². The van der Waals surface area contributed by atoms with Gasteiger partial charge in [0.2, 0.25) is 0 Å². The van der Waals surface area contributed by atoms with Crippen LogP contribution in [0.5, 0.6) is 0 Å². The zero-order chi connectivity index (χ0) is 25.7. The minimum atomic E-state index is 1.35. The lowest BCUT2D eigenvalue weighted by molar-refractivity contribution is 1.38. The first-order valence-corrected chi connectivity index (χ1v) is 15.5. The van der Waals surface area contributed by atoms with Crippen LogP contribution in [0.2, 0.25) is 0 Å². The molecule has 0 amide bonds. The van der Waals surface area contributed by atoms with Crippen LogP contribution in [0.1, 0.15) is 83.5 Å². The maximum absolute atomic E-state index is 2.32. The Labute approximate surface area is 231 Å². The molecule has 4 aromatic rings. The lowest BCUT2D eigenvalue weighted by atomic mass is 10.1. The molecule has 0 saturated carbocycles. The van der Waals surface area contributed by atoms with Gasteiger partial charge in [0.1, 0.15) is 0 Å². The smallest absolute Gasteiger partial charge is 0.0309 e. The summed E-state index contributed by atoms with van der Waals surface area (Å²) in [7, 11) is 0. The summed E-state index contributed by atoms with van der Waals surface area (Å²) in [6.45, 7) is 18.0. The topological polar surface area (TPSA) is 0 Å². The molecule has 5 rings (SSSR count). The maximum Gasteiger partial charge on any atom is 0.0309 e. The summed E-state index contributed by atoms with van der Waals surface area (Å²) < 4.78 is 0. The van der Waals surface area contributed by atoms with Gasteiger partial charge < -0.3 is 0 Å². The third-order valence-corrected chi connectivity index (χ3v) is 12.9. The highest BCUT2D eigenvalue weighted by Crippen LogP contribution is 2.37. The first-order chi connectivity index (χ1) is 17.2. The van der Waals surface area contributed by atoms with Crippen LogP contribution in [0.4, 0.5) is 0 Å². The SMILES string of the molecule is Cc1c2sc(c1C)/C=C\c1sc(c(C)c1C)/C=C\c1sc(c(C)c1C)/C=C\c1sc(c(C)c1C)C=C2. The van der Waals surface area contributed by atoms with E-state index in [1.54, 1.807) is 0 Å². The maximum atomic E-state index is 2.32. The number of thiophene rings is 4. The molecule has 8 bridgehead atoms. The van der Waals surface area contributed by atoms with Crippen molar-refractivity contribution in [1.82, 2.24) is 0 Å². The van der Waals surface area contributed by atoms with E-state index in [4.69, 9.17) is 0 Å². The van der Waals surface area contributed by atoms with Crippen molar-refractivity contribution < 1.29 is 0 Å². The van der Waals surface area contributed by atoms with Gasteiger partial charge in [0.15, 0.2) is 0 Å². The molecule has 1 aliphatic heterocycles. The van der Waals surface area contributed by atoms with Crippen molar-refractivity contribution in [3.8, 4) is 0 Å². The Hall–Kier alpha value is -2.24. The van der Waals surface area contributed by atoms with Crippen molar-refractivity contribution >= 4 is 94.0 Å². The van der Waals surface area contributed by atoms with E-state index in [0.29, 0.717) is 0 Å². The molecule has 0 unspecified atom stereocenters. The standard InChI is InChI=1S/C32H32S4/c1-17-18(2)26-11-12-28-21(5)22(6)30(35-28)15-16-32-24(8)23(7)31(36-32)14-13-29-20(4)19(3)27(34-29)10-9-25(17)33-26/h9-16H,1-8H3/b10-9-,12-11-,14-13-,16-15?,25-9?,26-11?,27-10?,28-12?,29-13?,30-15?,31-14?,32-16?. The second kappa shape index (κ2) is 9.90. The monoisotopic (exact) mass is 544 g/mol. The van der Waals surface area contributed by atoms with Crippen LogP contribution < -0.4 is 0 Å².